The molecule has 0 amide bonds. The van der Waals surface area contributed by atoms with Gasteiger partial charge < -0.3 is 16.0 Å². The zero-order chi connectivity index (χ0) is 14.7. The number of nitrogens with zero attached hydrogens (tertiary/aromatic N) is 2. The first-order valence-corrected chi connectivity index (χ1v) is 7.93. The molecule has 1 aliphatic rings. The number of ketones is 1. The first-order chi connectivity index (χ1) is 10.3. The van der Waals surface area contributed by atoms with Gasteiger partial charge in [0.05, 0.1) is 10.4 Å². The standard InChI is InChI=1S/C15H18N4OS/c16-15-12(3-1-5-18-15)14(20)13-9-11(10-21-13)19-7-2-4-17-6-8-19/h1,3,5,9-10,17H,2,4,6-8H2,(H2,16,18). The second-order valence-corrected chi connectivity index (χ2v) is 5.94. The normalized spacial score (nSPS) is 15.7. The minimum atomic E-state index is -0.0511. The second-order valence-electron chi connectivity index (χ2n) is 5.03. The molecule has 0 aliphatic carbocycles. The van der Waals surface area contributed by atoms with E-state index in [1.165, 1.54) is 11.3 Å². The highest BCUT2D eigenvalue weighted by molar-refractivity contribution is 7.12. The lowest BCUT2D eigenvalue weighted by Gasteiger charge is -2.20. The van der Waals surface area contributed by atoms with Crippen LogP contribution in [-0.4, -0.2) is 36.9 Å². The topological polar surface area (TPSA) is 71.2 Å². The molecule has 0 unspecified atom stereocenters. The van der Waals surface area contributed by atoms with Crippen molar-refractivity contribution in [1.29, 1.82) is 0 Å². The van der Waals surface area contributed by atoms with E-state index in [9.17, 15) is 4.79 Å². The van der Waals surface area contributed by atoms with Crippen molar-refractivity contribution in [2.75, 3.05) is 36.8 Å². The van der Waals surface area contributed by atoms with Crippen LogP contribution in [0.3, 0.4) is 0 Å². The Bertz CT molecular complexity index is 632. The molecule has 3 heterocycles. The summed E-state index contributed by atoms with van der Waals surface area (Å²) in [6.45, 7) is 4.03. The fraction of sp³-hybridized carbons (Fsp3) is 0.333. The van der Waals surface area contributed by atoms with Gasteiger partial charge in [-0.05, 0) is 31.2 Å². The molecule has 1 aliphatic heterocycles. The Labute approximate surface area is 127 Å². The van der Waals surface area contributed by atoms with E-state index in [2.05, 4.69) is 15.2 Å². The van der Waals surface area contributed by atoms with E-state index in [0.717, 1.165) is 38.3 Å². The Morgan fingerprint density at radius 2 is 2.29 bits per heavy atom. The van der Waals surface area contributed by atoms with Gasteiger partial charge in [-0.3, -0.25) is 4.79 Å². The maximum absolute atomic E-state index is 12.5. The Hall–Kier alpha value is -1.92. The van der Waals surface area contributed by atoms with Gasteiger partial charge in [-0.2, -0.15) is 0 Å². The predicted molar refractivity (Wildman–Crippen MR) is 86.1 cm³/mol. The van der Waals surface area contributed by atoms with E-state index in [0.29, 0.717) is 10.4 Å². The van der Waals surface area contributed by atoms with Crippen LogP contribution in [0.2, 0.25) is 0 Å². The van der Waals surface area contributed by atoms with Gasteiger partial charge >= 0.3 is 0 Å². The minimum absolute atomic E-state index is 0.0511. The Kier molecular flexibility index (Phi) is 4.17. The highest BCUT2D eigenvalue weighted by Crippen LogP contribution is 2.26. The number of anilines is 2. The van der Waals surface area contributed by atoms with Crippen molar-refractivity contribution >= 4 is 28.6 Å². The summed E-state index contributed by atoms with van der Waals surface area (Å²) in [6, 6.07) is 5.42. The van der Waals surface area contributed by atoms with Gasteiger partial charge in [-0.25, -0.2) is 4.98 Å². The van der Waals surface area contributed by atoms with Crippen molar-refractivity contribution in [3.05, 3.63) is 40.2 Å². The summed E-state index contributed by atoms with van der Waals surface area (Å²) in [5.74, 6) is 0.237. The average molecular weight is 302 g/mol. The number of nitrogens with two attached hydrogens (primary N) is 1. The van der Waals surface area contributed by atoms with Crippen molar-refractivity contribution in [3.63, 3.8) is 0 Å². The first kappa shape index (κ1) is 14.0. The monoisotopic (exact) mass is 302 g/mol. The number of pyridine rings is 1. The van der Waals surface area contributed by atoms with Gasteiger partial charge in [0.15, 0.2) is 0 Å². The van der Waals surface area contributed by atoms with Crippen LogP contribution in [0.1, 0.15) is 21.7 Å². The SMILES string of the molecule is Nc1ncccc1C(=O)c1cc(N2CCCNCC2)cs1. The van der Waals surface area contributed by atoms with Crippen molar-refractivity contribution in [3.8, 4) is 0 Å². The lowest BCUT2D eigenvalue weighted by Crippen LogP contribution is -2.27. The summed E-state index contributed by atoms with van der Waals surface area (Å²) in [5.41, 5.74) is 7.38. The van der Waals surface area contributed by atoms with Crippen molar-refractivity contribution in [2.24, 2.45) is 0 Å². The number of rotatable bonds is 3. The summed E-state index contributed by atoms with van der Waals surface area (Å²) in [7, 11) is 0. The van der Waals surface area contributed by atoms with Crippen LogP contribution < -0.4 is 16.0 Å². The Balaban J connectivity index is 1.81. The summed E-state index contributed by atoms with van der Waals surface area (Å²) in [4.78, 5) is 19.5. The predicted octanol–water partition coefficient (Wildman–Crippen LogP) is 1.76. The lowest BCUT2D eigenvalue weighted by molar-refractivity contribution is 0.104. The number of aromatic nitrogens is 1. The molecule has 3 rings (SSSR count). The van der Waals surface area contributed by atoms with E-state index < -0.39 is 0 Å². The Morgan fingerprint density at radius 3 is 3.14 bits per heavy atom. The molecular weight excluding hydrogens is 284 g/mol. The number of nitrogens with one attached hydrogen (secondary N) is 1. The van der Waals surface area contributed by atoms with Gasteiger partial charge in [0.25, 0.3) is 0 Å². The maximum Gasteiger partial charge on any atom is 0.206 e. The number of thiophene rings is 1. The summed E-state index contributed by atoms with van der Waals surface area (Å²) in [5, 5.41) is 5.43. The van der Waals surface area contributed by atoms with Gasteiger partial charge in [-0.15, -0.1) is 11.3 Å². The maximum atomic E-state index is 12.5. The molecule has 2 aromatic rings. The molecule has 0 bridgehead atoms. The van der Waals surface area contributed by atoms with E-state index in [1.54, 1.807) is 18.3 Å². The van der Waals surface area contributed by atoms with Crippen molar-refractivity contribution < 1.29 is 4.79 Å². The molecule has 2 aromatic heterocycles. The molecule has 0 spiro atoms. The summed E-state index contributed by atoms with van der Waals surface area (Å²) >= 11 is 1.47. The molecule has 0 saturated carbocycles. The van der Waals surface area contributed by atoms with Crippen LogP contribution in [0.4, 0.5) is 11.5 Å². The highest BCUT2D eigenvalue weighted by Gasteiger charge is 2.17. The van der Waals surface area contributed by atoms with Gasteiger partial charge in [0, 0.05) is 36.9 Å². The minimum Gasteiger partial charge on any atom is -0.383 e. The molecule has 6 heteroatoms. The number of hydrogen-bond acceptors (Lipinski definition) is 6. The third-order valence-electron chi connectivity index (χ3n) is 3.60. The van der Waals surface area contributed by atoms with Crippen LogP contribution >= 0.6 is 11.3 Å². The third kappa shape index (κ3) is 3.06. The summed E-state index contributed by atoms with van der Waals surface area (Å²) in [6.07, 6.45) is 2.71. The first-order valence-electron chi connectivity index (χ1n) is 7.05. The number of hydrogen-bond donors (Lipinski definition) is 2. The Morgan fingerprint density at radius 1 is 1.38 bits per heavy atom. The largest absolute Gasteiger partial charge is 0.383 e. The number of carbonyl (C=O) groups is 1. The molecule has 110 valence electrons. The second kappa shape index (κ2) is 6.24. The van der Waals surface area contributed by atoms with Crippen LogP contribution in [0.25, 0.3) is 0 Å². The zero-order valence-corrected chi connectivity index (χ0v) is 12.5. The van der Waals surface area contributed by atoms with Crippen LogP contribution in [0.15, 0.2) is 29.8 Å². The van der Waals surface area contributed by atoms with Crippen LogP contribution in [-0.2, 0) is 0 Å². The fourth-order valence-corrected chi connectivity index (χ4v) is 3.33. The molecule has 0 atom stereocenters. The van der Waals surface area contributed by atoms with E-state index >= 15 is 0 Å². The van der Waals surface area contributed by atoms with Gasteiger partial charge in [0.2, 0.25) is 5.78 Å². The van der Waals surface area contributed by atoms with Crippen LogP contribution in [0, 0.1) is 0 Å². The molecule has 1 saturated heterocycles. The van der Waals surface area contributed by atoms with Crippen molar-refractivity contribution in [2.45, 2.75) is 6.42 Å². The summed E-state index contributed by atoms with van der Waals surface area (Å²) < 4.78 is 0. The molecule has 5 nitrogen and oxygen atoms in total. The lowest BCUT2D eigenvalue weighted by atomic mass is 10.1. The zero-order valence-electron chi connectivity index (χ0n) is 11.7. The molecule has 0 radical (unpaired) electrons. The number of carbonyl (C=O) groups excluding carboxylic acids is 1. The molecule has 0 aromatic carbocycles. The molecular formula is C15H18N4OS. The smallest absolute Gasteiger partial charge is 0.206 e. The van der Waals surface area contributed by atoms with E-state index in [4.69, 9.17) is 5.73 Å². The number of nitrogen functional groups attached to an aromatic ring is 1. The third-order valence-corrected chi connectivity index (χ3v) is 4.51. The molecule has 21 heavy (non-hydrogen) atoms. The van der Waals surface area contributed by atoms with E-state index in [1.807, 2.05) is 11.4 Å². The molecule has 3 N–H and O–H groups in total. The van der Waals surface area contributed by atoms with Gasteiger partial charge in [-0.1, -0.05) is 0 Å². The van der Waals surface area contributed by atoms with Crippen LogP contribution in [0.5, 0.6) is 0 Å². The average Bonchev–Trinajstić information content (AvgIpc) is 2.83. The fourth-order valence-electron chi connectivity index (χ4n) is 2.46. The van der Waals surface area contributed by atoms with E-state index in [-0.39, 0.29) is 11.6 Å². The quantitative estimate of drug-likeness (QED) is 0.845. The highest BCUT2D eigenvalue weighted by atomic mass is 32.1. The molecule has 1 fully saturated rings. The van der Waals surface area contributed by atoms with Crippen molar-refractivity contribution in [1.82, 2.24) is 10.3 Å². The van der Waals surface area contributed by atoms with Gasteiger partial charge in [0.1, 0.15) is 5.82 Å².